The standard InChI is InChI=1S/C10H8N4O3S/c11-8-2-1-6(14(16)17)5-7(8)9(15)13-10-12-3-4-18-10/h1-5H,11H2,(H,12,13,15). The lowest BCUT2D eigenvalue weighted by atomic mass is 10.1. The van der Waals surface area contributed by atoms with Gasteiger partial charge in [-0.1, -0.05) is 0 Å². The van der Waals surface area contributed by atoms with Crippen molar-refractivity contribution in [2.75, 3.05) is 11.1 Å². The molecular formula is C10H8N4O3S. The van der Waals surface area contributed by atoms with Crippen LogP contribution in [0.2, 0.25) is 0 Å². The molecule has 3 N–H and O–H groups in total. The van der Waals surface area contributed by atoms with Crippen molar-refractivity contribution in [2.24, 2.45) is 0 Å². The Bertz CT molecular complexity index is 597. The fraction of sp³-hybridized carbons (Fsp3) is 0. The SMILES string of the molecule is Nc1ccc([N+](=O)[O-])cc1C(=O)Nc1nccs1. The zero-order valence-electron chi connectivity index (χ0n) is 8.99. The van der Waals surface area contributed by atoms with E-state index >= 15 is 0 Å². The number of anilines is 2. The summed E-state index contributed by atoms with van der Waals surface area (Å²) in [5.41, 5.74) is 5.66. The molecule has 2 rings (SSSR count). The smallest absolute Gasteiger partial charge is 0.270 e. The van der Waals surface area contributed by atoms with Crippen molar-refractivity contribution in [3.05, 3.63) is 45.5 Å². The van der Waals surface area contributed by atoms with Gasteiger partial charge in [-0.15, -0.1) is 11.3 Å². The van der Waals surface area contributed by atoms with E-state index < -0.39 is 10.8 Å². The molecule has 0 saturated heterocycles. The molecule has 0 aliphatic heterocycles. The van der Waals surface area contributed by atoms with Crippen LogP contribution in [-0.2, 0) is 0 Å². The summed E-state index contributed by atoms with van der Waals surface area (Å²) < 4.78 is 0. The van der Waals surface area contributed by atoms with Crippen molar-refractivity contribution < 1.29 is 9.72 Å². The quantitative estimate of drug-likeness (QED) is 0.499. The number of nitrogens with two attached hydrogens (primary N) is 1. The normalized spacial score (nSPS) is 10.0. The van der Waals surface area contributed by atoms with Gasteiger partial charge in [0.1, 0.15) is 0 Å². The Morgan fingerprint density at radius 1 is 1.50 bits per heavy atom. The number of carbonyl (C=O) groups excluding carboxylic acids is 1. The number of aromatic nitrogens is 1. The van der Waals surface area contributed by atoms with Gasteiger partial charge in [-0.05, 0) is 6.07 Å². The van der Waals surface area contributed by atoms with Crippen molar-refractivity contribution in [3.8, 4) is 0 Å². The summed E-state index contributed by atoms with van der Waals surface area (Å²) in [5.74, 6) is -0.522. The zero-order chi connectivity index (χ0) is 13.1. The first-order valence-corrected chi connectivity index (χ1v) is 5.70. The van der Waals surface area contributed by atoms with Gasteiger partial charge < -0.3 is 5.73 Å². The number of rotatable bonds is 3. The number of amides is 1. The van der Waals surface area contributed by atoms with E-state index in [1.807, 2.05) is 0 Å². The van der Waals surface area contributed by atoms with Crippen LogP contribution in [0, 0.1) is 10.1 Å². The number of hydrogen-bond acceptors (Lipinski definition) is 6. The molecular weight excluding hydrogens is 256 g/mol. The first-order chi connectivity index (χ1) is 8.58. The molecule has 0 aliphatic carbocycles. The minimum Gasteiger partial charge on any atom is -0.398 e. The third-order valence-corrected chi connectivity index (χ3v) is 2.83. The molecule has 0 spiro atoms. The Balaban J connectivity index is 2.29. The Hall–Kier alpha value is -2.48. The lowest BCUT2D eigenvalue weighted by Gasteiger charge is -2.04. The van der Waals surface area contributed by atoms with Crippen LogP contribution in [0.1, 0.15) is 10.4 Å². The van der Waals surface area contributed by atoms with E-state index in [1.54, 1.807) is 5.38 Å². The van der Waals surface area contributed by atoms with Crippen molar-refractivity contribution >= 4 is 33.8 Å². The van der Waals surface area contributed by atoms with Crippen molar-refractivity contribution in [1.82, 2.24) is 4.98 Å². The number of hydrogen-bond donors (Lipinski definition) is 2. The van der Waals surface area contributed by atoms with Gasteiger partial charge in [0.25, 0.3) is 11.6 Å². The molecule has 0 atom stereocenters. The number of benzene rings is 1. The Morgan fingerprint density at radius 2 is 2.28 bits per heavy atom. The van der Waals surface area contributed by atoms with E-state index in [0.29, 0.717) is 5.13 Å². The van der Waals surface area contributed by atoms with E-state index in [1.165, 1.54) is 29.7 Å². The number of nitrogens with zero attached hydrogens (tertiary/aromatic N) is 2. The number of nitrogen functional groups attached to an aromatic ring is 1. The van der Waals surface area contributed by atoms with Crippen LogP contribution in [0.25, 0.3) is 0 Å². The van der Waals surface area contributed by atoms with Gasteiger partial charge in [0.2, 0.25) is 0 Å². The van der Waals surface area contributed by atoms with Gasteiger partial charge in [-0.25, -0.2) is 4.98 Å². The van der Waals surface area contributed by atoms with Gasteiger partial charge in [0, 0.05) is 29.4 Å². The molecule has 1 heterocycles. The highest BCUT2D eigenvalue weighted by Crippen LogP contribution is 2.21. The predicted molar refractivity (Wildman–Crippen MR) is 67.6 cm³/mol. The molecule has 7 nitrogen and oxygen atoms in total. The molecule has 0 radical (unpaired) electrons. The minimum absolute atomic E-state index is 0.0550. The molecule has 1 aromatic heterocycles. The summed E-state index contributed by atoms with van der Waals surface area (Å²) in [7, 11) is 0. The van der Waals surface area contributed by atoms with Gasteiger partial charge in [-0.3, -0.25) is 20.2 Å². The summed E-state index contributed by atoms with van der Waals surface area (Å²) in [6.07, 6.45) is 1.54. The molecule has 0 unspecified atom stereocenters. The minimum atomic E-state index is -0.584. The van der Waals surface area contributed by atoms with Crippen molar-refractivity contribution in [2.45, 2.75) is 0 Å². The van der Waals surface area contributed by atoms with E-state index in [-0.39, 0.29) is 16.9 Å². The second-order valence-corrected chi connectivity index (χ2v) is 4.21. The average Bonchev–Trinajstić information content (AvgIpc) is 2.81. The van der Waals surface area contributed by atoms with E-state index in [0.717, 1.165) is 6.07 Å². The van der Waals surface area contributed by atoms with Crippen LogP contribution in [0.15, 0.2) is 29.8 Å². The fourth-order valence-corrected chi connectivity index (χ4v) is 1.83. The van der Waals surface area contributed by atoms with Gasteiger partial charge in [-0.2, -0.15) is 0 Å². The summed E-state index contributed by atoms with van der Waals surface area (Å²) in [4.78, 5) is 25.8. The number of carbonyl (C=O) groups is 1. The first-order valence-electron chi connectivity index (χ1n) is 4.82. The molecule has 0 bridgehead atoms. The van der Waals surface area contributed by atoms with Crippen LogP contribution in [0.4, 0.5) is 16.5 Å². The highest BCUT2D eigenvalue weighted by atomic mass is 32.1. The number of non-ortho nitro benzene ring substituents is 1. The second kappa shape index (κ2) is 4.80. The van der Waals surface area contributed by atoms with Crippen LogP contribution in [0.3, 0.4) is 0 Å². The predicted octanol–water partition coefficient (Wildman–Crippen LogP) is 1.89. The molecule has 0 fully saturated rings. The topological polar surface area (TPSA) is 111 Å². The summed E-state index contributed by atoms with van der Waals surface area (Å²) >= 11 is 1.24. The maximum absolute atomic E-state index is 11.9. The molecule has 8 heteroatoms. The lowest BCUT2D eigenvalue weighted by molar-refractivity contribution is -0.384. The summed E-state index contributed by atoms with van der Waals surface area (Å²) in [6, 6.07) is 3.71. The van der Waals surface area contributed by atoms with Crippen LogP contribution < -0.4 is 11.1 Å². The molecule has 1 aromatic carbocycles. The molecule has 0 aliphatic rings. The molecule has 92 valence electrons. The fourth-order valence-electron chi connectivity index (χ4n) is 1.30. The largest absolute Gasteiger partial charge is 0.398 e. The lowest BCUT2D eigenvalue weighted by Crippen LogP contribution is -2.14. The second-order valence-electron chi connectivity index (χ2n) is 3.32. The van der Waals surface area contributed by atoms with Crippen LogP contribution in [-0.4, -0.2) is 15.8 Å². The van der Waals surface area contributed by atoms with E-state index in [4.69, 9.17) is 5.73 Å². The number of nitrogens with one attached hydrogen (secondary N) is 1. The molecule has 1 amide bonds. The monoisotopic (exact) mass is 264 g/mol. The highest BCUT2D eigenvalue weighted by Gasteiger charge is 2.15. The number of nitro groups is 1. The number of thiazole rings is 1. The summed E-state index contributed by atoms with van der Waals surface area (Å²) in [6.45, 7) is 0. The first kappa shape index (κ1) is 12.0. The highest BCUT2D eigenvalue weighted by molar-refractivity contribution is 7.13. The maximum Gasteiger partial charge on any atom is 0.270 e. The molecule has 18 heavy (non-hydrogen) atoms. The van der Waals surface area contributed by atoms with Gasteiger partial charge >= 0.3 is 0 Å². The van der Waals surface area contributed by atoms with Crippen LogP contribution in [0.5, 0.6) is 0 Å². The van der Waals surface area contributed by atoms with Crippen molar-refractivity contribution in [3.63, 3.8) is 0 Å². The Morgan fingerprint density at radius 3 is 2.89 bits per heavy atom. The van der Waals surface area contributed by atoms with E-state index in [9.17, 15) is 14.9 Å². The summed E-state index contributed by atoms with van der Waals surface area (Å²) in [5, 5.41) is 15.2. The number of nitro benzene ring substituents is 1. The van der Waals surface area contributed by atoms with Crippen molar-refractivity contribution in [1.29, 1.82) is 0 Å². The molecule has 0 saturated carbocycles. The van der Waals surface area contributed by atoms with Crippen LogP contribution >= 0.6 is 11.3 Å². The third kappa shape index (κ3) is 2.43. The Kier molecular flexibility index (Phi) is 3.20. The maximum atomic E-state index is 11.9. The Labute approximate surface area is 105 Å². The molecule has 2 aromatic rings. The van der Waals surface area contributed by atoms with Gasteiger partial charge in [0.05, 0.1) is 10.5 Å². The van der Waals surface area contributed by atoms with E-state index in [2.05, 4.69) is 10.3 Å². The van der Waals surface area contributed by atoms with Gasteiger partial charge in [0.15, 0.2) is 5.13 Å². The zero-order valence-corrected chi connectivity index (χ0v) is 9.81. The third-order valence-electron chi connectivity index (χ3n) is 2.15. The average molecular weight is 264 g/mol.